The lowest BCUT2D eigenvalue weighted by Gasteiger charge is -2.41. The molecule has 3 rings (SSSR count). The first-order valence-electron chi connectivity index (χ1n) is 6.59. The molecule has 1 aromatic rings. The van der Waals surface area contributed by atoms with E-state index in [2.05, 4.69) is 25.6 Å². The van der Waals surface area contributed by atoms with Gasteiger partial charge in [0.15, 0.2) is 5.82 Å². The highest BCUT2D eigenvalue weighted by Gasteiger charge is 2.34. The molecular weight excluding hydrogens is 244 g/mol. The second kappa shape index (κ2) is 5.00. The van der Waals surface area contributed by atoms with Crippen LogP contribution in [0, 0.1) is 5.92 Å². The van der Waals surface area contributed by atoms with Crippen LogP contribution in [-0.2, 0) is 4.79 Å². The van der Waals surface area contributed by atoms with E-state index in [1.165, 1.54) is 0 Å². The molecule has 0 bridgehead atoms. The fourth-order valence-electron chi connectivity index (χ4n) is 2.90. The third kappa shape index (κ3) is 2.46. The summed E-state index contributed by atoms with van der Waals surface area (Å²) in [5, 5.41) is 3.08. The zero-order chi connectivity index (χ0) is 13.2. The van der Waals surface area contributed by atoms with Crippen molar-refractivity contribution in [2.75, 3.05) is 23.4 Å². The molecule has 1 aromatic heterocycles. The molecule has 2 fully saturated rings. The average molecular weight is 262 g/mol. The Bertz CT molecular complexity index is 479. The van der Waals surface area contributed by atoms with Gasteiger partial charge >= 0.3 is 0 Å². The molecular formula is C12H18N6O. The van der Waals surface area contributed by atoms with Crippen molar-refractivity contribution in [3.63, 3.8) is 0 Å². The molecule has 2 saturated heterocycles. The Morgan fingerprint density at radius 3 is 3.16 bits per heavy atom. The number of hydrogen-bond donors (Lipinski definition) is 3. The van der Waals surface area contributed by atoms with Crippen molar-refractivity contribution < 1.29 is 4.79 Å². The number of amides is 1. The minimum Gasteiger partial charge on any atom is -0.355 e. The molecule has 19 heavy (non-hydrogen) atoms. The van der Waals surface area contributed by atoms with Crippen LogP contribution in [0.5, 0.6) is 0 Å². The van der Waals surface area contributed by atoms with Crippen LogP contribution in [0.3, 0.4) is 0 Å². The molecule has 2 aliphatic rings. The van der Waals surface area contributed by atoms with Crippen LogP contribution in [0.2, 0.25) is 0 Å². The van der Waals surface area contributed by atoms with Crippen LogP contribution in [0.1, 0.15) is 19.3 Å². The Labute approximate surface area is 111 Å². The molecule has 1 amide bonds. The standard InChI is InChI=1S/C12H18N6O/c13-17-10-5-14-6-11(16-10)18-4-3-9-8(7-18)1-2-12(19)15-9/h5-6,8-9H,1-4,7,13H2,(H,15,19)(H,16,17). The number of rotatable bonds is 2. The van der Waals surface area contributed by atoms with Gasteiger partial charge in [-0.1, -0.05) is 0 Å². The summed E-state index contributed by atoms with van der Waals surface area (Å²) in [4.78, 5) is 22.1. The molecule has 7 nitrogen and oxygen atoms in total. The van der Waals surface area contributed by atoms with Gasteiger partial charge in [0.1, 0.15) is 5.82 Å². The number of fused-ring (bicyclic) bond motifs is 1. The summed E-state index contributed by atoms with van der Waals surface area (Å²) < 4.78 is 0. The number of nitrogens with one attached hydrogen (secondary N) is 2. The van der Waals surface area contributed by atoms with Crippen molar-refractivity contribution in [1.29, 1.82) is 0 Å². The fourth-order valence-corrected chi connectivity index (χ4v) is 2.90. The third-order valence-electron chi connectivity index (χ3n) is 3.92. The van der Waals surface area contributed by atoms with Gasteiger partial charge in [-0.3, -0.25) is 9.78 Å². The molecule has 2 atom stereocenters. The number of nitrogen functional groups attached to an aromatic ring is 1. The van der Waals surface area contributed by atoms with Crippen molar-refractivity contribution in [2.45, 2.75) is 25.3 Å². The van der Waals surface area contributed by atoms with Gasteiger partial charge in [-0.2, -0.15) is 0 Å². The predicted molar refractivity (Wildman–Crippen MR) is 71.3 cm³/mol. The van der Waals surface area contributed by atoms with Gasteiger partial charge in [0, 0.05) is 25.6 Å². The predicted octanol–water partition coefficient (Wildman–Crippen LogP) is -0.133. The van der Waals surface area contributed by atoms with Crippen molar-refractivity contribution >= 4 is 17.5 Å². The first-order chi connectivity index (χ1) is 9.26. The second-order valence-electron chi connectivity index (χ2n) is 5.11. The summed E-state index contributed by atoms with van der Waals surface area (Å²) in [5.41, 5.74) is 2.51. The Balaban J connectivity index is 1.72. The quantitative estimate of drug-likeness (QED) is 0.507. The number of nitrogens with two attached hydrogens (primary N) is 1. The average Bonchev–Trinajstić information content (AvgIpc) is 2.46. The number of aromatic nitrogens is 2. The van der Waals surface area contributed by atoms with Gasteiger partial charge in [0.25, 0.3) is 0 Å². The number of carbonyl (C=O) groups excluding carboxylic acids is 1. The highest BCUT2D eigenvalue weighted by Crippen LogP contribution is 2.27. The fraction of sp³-hybridized carbons (Fsp3) is 0.583. The first kappa shape index (κ1) is 12.2. The Kier molecular flexibility index (Phi) is 3.20. The highest BCUT2D eigenvalue weighted by atomic mass is 16.1. The van der Waals surface area contributed by atoms with Crippen LogP contribution < -0.4 is 21.5 Å². The smallest absolute Gasteiger partial charge is 0.220 e. The summed E-state index contributed by atoms with van der Waals surface area (Å²) >= 11 is 0. The van der Waals surface area contributed by atoms with E-state index in [1.54, 1.807) is 12.4 Å². The number of anilines is 2. The molecule has 102 valence electrons. The lowest BCUT2D eigenvalue weighted by molar-refractivity contribution is -0.124. The minimum atomic E-state index is 0.184. The SMILES string of the molecule is NNc1cncc(N2CCC3NC(=O)CCC3C2)n1. The molecule has 0 radical (unpaired) electrons. The Hall–Kier alpha value is -1.89. The van der Waals surface area contributed by atoms with E-state index in [4.69, 9.17) is 5.84 Å². The van der Waals surface area contributed by atoms with Crippen molar-refractivity contribution in [1.82, 2.24) is 15.3 Å². The van der Waals surface area contributed by atoms with Crippen molar-refractivity contribution in [3.8, 4) is 0 Å². The van der Waals surface area contributed by atoms with E-state index in [0.29, 0.717) is 24.2 Å². The van der Waals surface area contributed by atoms with E-state index in [9.17, 15) is 4.79 Å². The van der Waals surface area contributed by atoms with E-state index in [-0.39, 0.29) is 5.91 Å². The van der Waals surface area contributed by atoms with Crippen molar-refractivity contribution in [2.24, 2.45) is 11.8 Å². The normalized spacial score (nSPS) is 26.6. The monoisotopic (exact) mass is 262 g/mol. The zero-order valence-electron chi connectivity index (χ0n) is 10.7. The maximum atomic E-state index is 11.4. The van der Waals surface area contributed by atoms with Crippen molar-refractivity contribution in [3.05, 3.63) is 12.4 Å². The van der Waals surface area contributed by atoms with Gasteiger partial charge in [-0.25, -0.2) is 10.8 Å². The lowest BCUT2D eigenvalue weighted by atomic mass is 9.85. The maximum absolute atomic E-state index is 11.4. The number of piperidine rings is 2. The third-order valence-corrected chi connectivity index (χ3v) is 3.92. The topological polar surface area (TPSA) is 96.2 Å². The molecule has 4 N–H and O–H groups in total. The molecule has 0 aromatic carbocycles. The molecule has 3 heterocycles. The largest absolute Gasteiger partial charge is 0.355 e. The molecule has 2 unspecified atom stereocenters. The lowest BCUT2D eigenvalue weighted by Crippen LogP contribution is -2.54. The number of hydrogen-bond acceptors (Lipinski definition) is 6. The van der Waals surface area contributed by atoms with Gasteiger partial charge in [0.05, 0.1) is 12.4 Å². The Morgan fingerprint density at radius 2 is 2.32 bits per heavy atom. The zero-order valence-corrected chi connectivity index (χ0v) is 10.7. The van der Waals surface area contributed by atoms with E-state index < -0.39 is 0 Å². The van der Waals surface area contributed by atoms with Crippen LogP contribution in [-0.4, -0.2) is 35.0 Å². The van der Waals surface area contributed by atoms with E-state index in [0.717, 1.165) is 31.7 Å². The van der Waals surface area contributed by atoms with Crippen LogP contribution in [0.25, 0.3) is 0 Å². The van der Waals surface area contributed by atoms with Crippen LogP contribution in [0.15, 0.2) is 12.4 Å². The van der Waals surface area contributed by atoms with E-state index in [1.807, 2.05) is 0 Å². The minimum absolute atomic E-state index is 0.184. The van der Waals surface area contributed by atoms with Crippen LogP contribution >= 0.6 is 0 Å². The summed E-state index contributed by atoms with van der Waals surface area (Å²) in [6, 6.07) is 0.321. The van der Waals surface area contributed by atoms with Gasteiger partial charge in [0.2, 0.25) is 5.91 Å². The molecule has 2 aliphatic heterocycles. The Morgan fingerprint density at radius 1 is 1.42 bits per heavy atom. The number of carbonyl (C=O) groups is 1. The molecule has 7 heteroatoms. The second-order valence-corrected chi connectivity index (χ2v) is 5.11. The van der Waals surface area contributed by atoms with Gasteiger partial charge in [-0.05, 0) is 18.8 Å². The number of nitrogens with zero attached hydrogens (tertiary/aromatic N) is 3. The summed E-state index contributed by atoms with van der Waals surface area (Å²) in [6.45, 7) is 1.79. The molecule has 0 aliphatic carbocycles. The highest BCUT2D eigenvalue weighted by molar-refractivity contribution is 5.77. The maximum Gasteiger partial charge on any atom is 0.220 e. The van der Waals surface area contributed by atoms with Crippen LogP contribution in [0.4, 0.5) is 11.6 Å². The summed E-state index contributed by atoms with van der Waals surface area (Å²) in [5.74, 6) is 7.44. The number of hydrazine groups is 1. The summed E-state index contributed by atoms with van der Waals surface area (Å²) in [6.07, 6.45) is 5.89. The first-order valence-corrected chi connectivity index (χ1v) is 6.59. The molecule has 0 spiro atoms. The summed E-state index contributed by atoms with van der Waals surface area (Å²) in [7, 11) is 0. The molecule has 0 saturated carbocycles. The van der Waals surface area contributed by atoms with Gasteiger partial charge < -0.3 is 15.6 Å². The van der Waals surface area contributed by atoms with Gasteiger partial charge in [-0.15, -0.1) is 0 Å². The van der Waals surface area contributed by atoms with E-state index >= 15 is 0 Å².